The molecule has 0 radical (unpaired) electrons. The third-order valence-corrected chi connectivity index (χ3v) is 6.54. The van der Waals surface area contributed by atoms with Gasteiger partial charge in [-0.1, -0.05) is 12.1 Å². The molecule has 9 heteroatoms. The summed E-state index contributed by atoms with van der Waals surface area (Å²) in [5.74, 6) is 0.212. The van der Waals surface area contributed by atoms with E-state index in [-0.39, 0.29) is 41.9 Å². The monoisotopic (exact) mass is 393 g/mol. The van der Waals surface area contributed by atoms with E-state index < -0.39 is 15.9 Å². The van der Waals surface area contributed by atoms with Gasteiger partial charge in [0, 0.05) is 26.4 Å². The van der Waals surface area contributed by atoms with Gasteiger partial charge in [-0.3, -0.25) is 9.59 Å². The van der Waals surface area contributed by atoms with Crippen LogP contribution in [0.4, 0.5) is 0 Å². The number of carbonyl (C=O) groups is 2. The van der Waals surface area contributed by atoms with E-state index in [4.69, 9.17) is 4.74 Å². The molecule has 1 saturated heterocycles. The lowest BCUT2D eigenvalue weighted by atomic mass is 10.1. The molecule has 2 aliphatic rings. The minimum Gasteiger partial charge on any atom is -0.497 e. The van der Waals surface area contributed by atoms with Crippen molar-refractivity contribution in [1.29, 1.82) is 0 Å². The second kappa shape index (κ2) is 7.67. The van der Waals surface area contributed by atoms with Crippen LogP contribution in [0.5, 0.6) is 5.75 Å². The molecule has 0 N–H and O–H groups in total. The Hall–Kier alpha value is -2.42. The molecule has 146 valence electrons. The van der Waals surface area contributed by atoms with Crippen molar-refractivity contribution >= 4 is 27.4 Å². The first kappa shape index (κ1) is 19.3. The van der Waals surface area contributed by atoms with Crippen LogP contribution in [0.1, 0.15) is 24.8 Å². The number of amides is 2. The fraction of sp³-hybridized carbons (Fsp3) is 0.500. The molecule has 1 aromatic carbocycles. The minimum absolute atomic E-state index is 0.0532. The fourth-order valence-electron chi connectivity index (χ4n) is 3.28. The zero-order valence-electron chi connectivity index (χ0n) is 15.4. The van der Waals surface area contributed by atoms with E-state index in [2.05, 4.69) is 5.10 Å². The number of hydrogen-bond donors (Lipinski definition) is 0. The molecule has 3 rings (SSSR count). The molecule has 1 aromatic rings. The van der Waals surface area contributed by atoms with Gasteiger partial charge in [-0.15, -0.1) is 0 Å². The first-order chi connectivity index (χ1) is 12.8. The molecule has 0 aromatic heterocycles. The highest BCUT2D eigenvalue weighted by molar-refractivity contribution is 7.91. The van der Waals surface area contributed by atoms with Crippen molar-refractivity contribution in [1.82, 2.24) is 9.91 Å². The van der Waals surface area contributed by atoms with Crippen LogP contribution in [-0.2, 0) is 26.0 Å². The predicted octanol–water partition coefficient (Wildman–Crippen LogP) is 0.819. The van der Waals surface area contributed by atoms with Crippen LogP contribution < -0.4 is 4.74 Å². The quantitative estimate of drug-likeness (QED) is 0.738. The van der Waals surface area contributed by atoms with Gasteiger partial charge in [0.25, 0.3) is 5.91 Å². The van der Waals surface area contributed by atoms with Gasteiger partial charge < -0.3 is 9.64 Å². The molecule has 1 unspecified atom stereocenters. The number of sulfone groups is 1. The maximum absolute atomic E-state index is 12.7. The number of hydrogen-bond acceptors (Lipinski definition) is 6. The predicted molar refractivity (Wildman–Crippen MR) is 100 cm³/mol. The molecule has 1 fully saturated rings. The zero-order valence-corrected chi connectivity index (χ0v) is 16.2. The number of methoxy groups -OCH3 is 1. The van der Waals surface area contributed by atoms with Crippen LogP contribution in [0, 0.1) is 0 Å². The molecule has 2 heterocycles. The third kappa shape index (κ3) is 4.47. The highest BCUT2D eigenvalue weighted by Gasteiger charge is 2.37. The lowest BCUT2D eigenvalue weighted by Crippen LogP contribution is -2.44. The van der Waals surface area contributed by atoms with Crippen LogP contribution in [0.25, 0.3) is 0 Å². The lowest BCUT2D eigenvalue weighted by molar-refractivity contribution is -0.134. The van der Waals surface area contributed by atoms with Crippen molar-refractivity contribution in [2.75, 3.05) is 25.7 Å². The van der Waals surface area contributed by atoms with E-state index in [0.29, 0.717) is 13.0 Å². The molecule has 27 heavy (non-hydrogen) atoms. The van der Waals surface area contributed by atoms with Gasteiger partial charge in [-0.2, -0.15) is 5.10 Å². The third-order valence-electron chi connectivity index (χ3n) is 4.79. The molecule has 1 atom stereocenters. The largest absolute Gasteiger partial charge is 0.497 e. The summed E-state index contributed by atoms with van der Waals surface area (Å²) in [6.45, 7) is 0.396. The summed E-state index contributed by atoms with van der Waals surface area (Å²) in [6.07, 6.45) is 0.790. The van der Waals surface area contributed by atoms with Gasteiger partial charge in [0.05, 0.1) is 24.7 Å². The zero-order chi connectivity index (χ0) is 19.6. The van der Waals surface area contributed by atoms with Crippen molar-refractivity contribution in [2.24, 2.45) is 5.10 Å². The number of carbonyl (C=O) groups excluding carboxylic acids is 2. The molecular formula is C18H23N3O5S. The average Bonchev–Trinajstić information content (AvgIpc) is 3.01. The van der Waals surface area contributed by atoms with Crippen molar-refractivity contribution in [3.63, 3.8) is 0 Å². The Kier molecular flexibility index (Phi) is 5.50. The molecule has 2 aliphatic heterocycles. The Labute approximate surface area is 158 Å². The van der Waals surface area contributed by atoms with Gasteiger partial charge in [0.2, 0.25) is 5.91 Å². The number of hydrazone groups is 1. The van der Waals surface area contributed by atoms with Crippen LogP contribution in [0.15, 0.2) is 29.4 Å². The van der Waals surface area contributed by atoms with Crippen LogP contribution in [-0.4, -0.2) is 67.6 Å². The van der Waals surface area contributed by atoms with Crippen molar-refractivity contribution in [3.8, 4) is 5.75 Å². The second-order valence-corrected chi connectivity index (χ2v) is 9.08. The molecule has 0 aliphatic carbocycles. The number of nitrogens with zero attached hydrogens (tertiary/aromatic N) is 3. The molecule has 0 bridgehead atoms. The first-order valence-electron chi connectivity index (χ1n) is 8.77. The topological polar surface area (TPSA) is 96.3 Å². The number of benzene rings is 1. The number of rotatable bonds is 5. The highest BCUT2D eigenvalue weighted by atomic mass is 32.2. The van der Waals surface area contributed by atoms with E-state index in [1.54, 1.807) is 19.1 Å². The van der Waals surface area contributed by atoms with Crippen molar-refractivity contribution in [2.45, 2.75) is 31.8 Å². The summed E-state index contributed by atoms with van der Waals surface area (Å²) in [4.78, 5) is 26.4. The van der Waals surface area contributed by atoms with E-state index in [9.17, 15) is 18.0 Å². The van der Waals surface area contributed by atoms with Crippen LogP contribution in [0.2, 0.25) is 0 Å². The summed E-state index contributed by atoms with van der Waals surface area (Å²) in [6, 6.07) is 6.94. The second-order valence-electron chi connectivity index (χ2n) is 6.85. The van der Waals surface area contributed by atoms with Gasteiger partial charge >= 0.3 is 0 Å². The minimum atomic E-state index is -3.14. The van der Waals surface area contributed by atoms with Gasteiger partial charge in [-0.05, 0) is 24.1 Å². The Morgan fingerprint density at radius 3 is 2.59 bits per heavy atom. The summed E-state index contributed by atoms with van der Waals surface area (Å²) >= 11 is 0. The van der Waals surface area contributed by atoms with E-state index in [0.717, 1.165) is 11.3 Å². The molecule has 2 amide bonds. The van der Waals surface area contributed by atoms with E-state index in [1.165, 1.54) is 5.01 Å². The van der Waals surface area contributed by atoms with Crippen LogP contribution in [0.3, 0.4) is 0 Å². The smallest absolute Gasteiger partial charge is 0.270 e. The first-order valence-corrected chi connectivity index (χ1v) is 10.6. The Bertz CT molecular complexity index is 863. The summed E-state index contributed by atoms with van der Waals surface area (Å²) in [7, 11) is 0.131. The summed E-state index contributed by atoms with van der Waals surface area (Å²) < 4.78 is 28.5. The van der Waals surface area contributed by atoms with Gasteiger partial charge in [0.15, 0.2) is 9.84 Å². The van der Waals surface area contributed by atoms with E-state index >= 15 is 0 Å². The maximum Gasteiger partial charge on any atom is 0.270 e. The van der Waals surface area contributed by atoms with Crippen molar-refractivity contribution in [3.05, 3.63) is 29.8 Å². The van der Waals surface area contributed by atoms with Gasteiger partial charge in [0.1, 0.15) is 11.5 Å². The van der Waals surface area contributed by atoms with Gasteiger partial charge in [-0.25, -0.2) is 13.4 Å². The SMILES string of the molecule is COc1ccc(CN(C)C(=O)C2=NN(C3CCS(=O)(=O)C3)C(=O)CC2)cc1. The fourth-order valence-corrected chi connectivity index (χ4v) is 4.97. The normalized spacial score (nSPS) is 21.7. The molecule has 8 nitrogen and oxygen atoms in total. The molecule has 0 saturated carbocycles. The highest BCUT2D eigenvalue weighted by Crippen LogP contribution is 2.22. The Morgan fingerprint density at radius 2 is 2.00 bits per heavy atom. The molecular weight excluding hydrogens is 370 g/mol. The Morgan fingerprint density at radius 1 is 1.30 bits per heavy atom. The average molecular weight is 393 g/mol. The summed E-state index contributed by atoms with van der Waals surface area (Å²) in [5, 5.41) is 5.44. The van der Waals surface area contributed by atoms with Crippen LogP contribution >= 0.6 is 0 Å². The van der Waals surface area contributed by atoms with E-state index in [1.807, 2.05) is 24.3 Å². The maximum atomic E-state index is 12.7. The molecule has 0 spiro atoms. The number of ether oxygens (including phenoxy) is 1. The van der Waals surface area contributed by atoms with Crippen molar-refractivity contribution < 1.29 is 22.7 Å². The lowest BCUT2D eigenvalue weighted by Gasteiger charge is -2.29. The standard InChI is InChI=1S/C18H23N3O5S/c1-20(11-13-3-5-15(26-2)6-4-13)18(23)16-7-8-17(22)21(19-16)14-9-10-27(24,25)12-14/h3-6,14H,7-12H2,1-2H3. The summed E-state index contributed by atoms with van der Waals surface area (Å²) in [5.41, 5.74) is 1.23. The Balaban J connectivity index is 1.70.